The second kappa shape index (κ2) is 9.55. The van der Waals surface area contributed by atoms with E-state index in [1.54, 1.807) is 12.1 Å². The van der Waals surface area contributed by atoms with Crippen LogP contribution in [0.3, 0.4) is 0 Å². The highest BCUT2D eigenvalue weighted by atomic mass is 35.5. The van der Waals surface area contributed by atoms with Crippen molar-refractivity contribution in [2.45, 2.75) is 38.3 Å². The van der Waals surface area contributed by atoms with Crippen molar-refractivity contribution in [3.05, 3.63) is 46.0 Å². The summed E-state index contributed by atoms with van der Waals surface area (Å²) in [5, 5.41) is 14.3. The van der Waals surface area contributed by atoms with Crippen LogP contribution >= 0.6 is 30.6 Å². The minimum Gasteiger partial charge on any atom is -0.391 e. The van der Waals surface area contributed by atoms with Crippen LogP contribution in [0.25, 0.3) is 0 Å². The van der Waals surface area contributed by atoms with Gasteiger partial charge in [-0.2, -0.15) is 0 Å². The van der Waals surface area contributed by atoms with Crippen LogP contribution in [0.4, 0.5) is 0 Å². The van der Waals surface area contributed by atoms with Crippen molar-refractivity contribution >= 4 is 30.6 Å². The molecule has 7 heteroatoms. The summed E-state index contributed by atoms with van der Waals surface area (Å²) in [6.45, 7) is 2.19. The molecule has 0 heterocycles. The number of hydrogen-bond acceptors (Lipinski definition) is 3. The van der Waals surface area contributed by atoms with Crippen LogP contribution in [0, 0.1) is 5.92 Å². The summed E-state index contributed by atoms with van der Waals surface area (Å²) in [4.78, 5) is 10.2. The number of rotatable bonds is 8. The molecule has 0 aliphatic heterocycles. The number of aliphatic hydroxyl groups excluding tert-OH is 1. The smallest absolute Gasteiger partial charge is 0.203 e. The van der Waals surface area contributed by atoms with E-state index >= 15 is 0 Å². The number of halogens is 2. The lowest BCUT2D eigenvalue weighted by atomic mass is 9.96. The van der Waals surface area contributed by atoms with Gasteiger partial charge < -0.3 is 15.3 Å². The van der Waals surface area contributed by atoms with Gasteiger partial charge in [0.1, 0.15) is 0 Å². The number of benzene rings is 1. The Morgan fingerprint density at radius 1 is 1.32 bits per heavy atom. The summed E-state index contributed by atoms with van der Waals surface area (Å²) < 4.78 is 12.4. The van der Waals surface area contributed by atoms with Crippen LogP contribution in [-0.2, 0) is 4.57 Å². The summed E-state index contributed by atoms with van der Waals surface area (Å²) in [7, 11) is -3.33. The molecule has 140 valence electrons. The van der Waals surface area contributed by atoms with Gasteiger partial charge in [0.15, 0.2) is 0 Å². The lowest BCUT2D eigenvalue weighted by Crippen LogP contribution is -2.32. The predicted octanol–water partition coefficient (Wildman–Crippen LogP) is 4.63. The van der Waals surface area contributed by atoms with Gasteiger partial charge in [-0.15, -0.1) is 0 Å². The summed E-state index contributed by atoms with van der Waals surface area (Å²) in [5.41, 5.74) is 0.947. The molecule has 0 aromatic heterocycles. The number of allylic oxidation sites excluding steroid dienone is 2. The molecule has 1 aromatic carbocycles. The minimum absolute atomic E-state index is 0.0500. The molecule has 1 aliphatic carbocycles. The molecule has 0 saturated carbocycles. The van der Waals surface area contributed by atoms with Gasteiger partial charge in [-0.1, -0.05) is 41.4 Å². The molecule has 0 bridgehead atoms. The van der Waals surface area contributed by atoms with Gasteiger partial charge in [0.05, 0.1) is 22.3 Å². The van der Waals surface area contributed by atoms with Gasteiger partial charge in [-0.3, -0.25) is 4.57 Å². The monoisotopic (exact) mass is 405 g/mol. The first-order valence-corrected chi connectivity index (χ1v) is 11.4. The van der Waals surface area contributed by atoms with E-state index in [2.05, 4.69) is 17.5 Å². The third-order valence-electron chi connectivity index (χ3n) is 4.52. The molecule has 2 rings (SSSR count). The third-order valence-corrected chi connectivity index (χ3v) is 7.34. The van der Waals surface area contributed by atoms with Crippen LogP contribution in [-0.4, -0.2) is 35.0 Å². The molecule has 0 radical (unpaired) electrons. The molecule has 4 atom stereocenters. The van der Waals surface area contributed by atoms with Crippen molar-refractivity contribution in [1.29, 1.82) is 0 Å². The van der Waals surface area contributed by atoms with Crippen LogP contribution in [0.2, 0.25) is 10.0 Å². The molecule has 0 fully saturated rings. The van der Waals surface area contributed by atoms with Crippen LogP contribution in [0.5, 0.6) is 0 Å². The third kappa shape index (κ3) is 7.05. The normalized spacial score (nSPS) is 22.4. The summed E-state index contributed by atoms with van der Waals surface area (Å²) in [5.74, 6) is 0.246. The zero-order valence-corrected chi connectivity index (χ0v) is 16.8. The van der Waals surface area contributed by atoms with Crippen LogP contribution in [0.15, 0.2) is 30.4 Å². The van der Waals surface area contributed by atoms with E-state index in [0.717, 1.165) is 24.8 Å². The van der Waals surface area contributed by atoms with Gasteiger partial charge in [-0.05, 0) is 49.8 Å². The maximum Gasteiger partial charge on any atom is 0.203 e. The Morgan fingerprint density at radius 3 is 2.72 bits per heavy atom. The van der Waals surface area contributed by atoms with Crippen molar-refractivity contribution in [2.24, 2.45) is 5.92 Å². The highest BCUT2D eigenvalue weighted by Crippen LogP contribution is 2.45. The van der Waals surface area contributed by atoms with Gasteiger partial charge in [0.2, 0.25) is 7.37 Å². The lowest BCUT2D eigenvalue weighted by Gasteiger charge is -2.23. The number of nitrogens with one attached hydrogen (secondary N) is 1. The van der Waals surface area contributed by atoms with Crippen LogP contribution < -0.4 is 5.32 Å². The highest BCUT2D eigenvalue weighted by Gasteiger charge is 2.27. The molecule has 2 unspecified atom stereocenters. The molecule has 0 spiro atoms. The fraction of sp³-hybridized carbons (Fsp3) is 0.556. The van der Waals surface area contributed by atoms with Gasteiger partial charge in [-0.25, -0.2) is 0 Å². The van der Waals surface area contributed by atoms with Crippen molar-refractivity contribution in [3.63, 3.8) is 0 Å². The Kier molecular flexibility index (Phi) is 8.00. The van der Waals surface area contributed by atoms with E-state index < -0.39 is 13.5 Å². The van der Waals surface area contributed by atoms with Crippen molar-refractivity contribution in [1.82, 2.24) is 5.32 Å². The molecule has 3 N–H and O–H groups in total. The van der Waals surface area contributed by atoms with E-state index in [-0.39, 0.29) is 30.8 Å². The molecule has 25 heavy (non-hydrogen) atoms. The second-order valence-electron chi connectivity index (χ2n) is 6.82. The topological polar surface area (TPSA) is 69.6 Å². The lowest BCUT2D eigenvalue weighted by molar-refractivity contribution is 0.186. The maximum atomic E-state index is 12.4. The maximum absolute atomic E-state index is 12.4. The fourth-order valence-corrected chi connectivity index (χ4v) is 5.49. The minimum atomic E-state index is -3.33. The van der Waals surface area contributed by atoms with Crippen molar-refractivity contribution < 1.29 is 14.6 Å². The van der Waals surface area contributed by atoms with E-state index in [9.17, 15) is 14.6 Å². The highest BCUT2D eigenvalue weighted by molar-refractivity contribution is 7.58. The number of hydrogen-bond donors (Lipinski definition) is 3. The molecular weight excluding hydrogens is 380 g/mol. The van der Waals surface area contributed by atoms with Gasteiger partial charge in [0, 0.05) is 18.7 Å². The van der Waals surface area contributed by atoms with E-state index in [1.165, 1.54) is 0 Å². The molecule has 1 aliphatic rings. The average Bonchev–Trinajstić information content (AvgIpc) is 2.55. The standard InChI is InChI=1S/C18H26Cl2NO3P/c1-13(15-7-8-17(19)18(20)9-15)21-10-16(22)12-25(23,24)11-14-5-3-2-4-6-14/h2-3,7-9,13-14,16,21-22H,4-6,10-12H2,1H3,(H,23,24)/t13-,14?,16+/m1/s1. The quantitative estimate of drug-likeness (QED) is 0.435. The Bertz CT molecular complexity index is 653. The number of aliphatic hydroxyl groups is 1. The molecular formula is C18H26Cl2NO3P. The van der Waals surface area contributed by atoms with E-state index in [1.807, 2.05) is 13.0 Å². The summed E-state index contributed by atoms with van der Waals surface area (Å²) in [6.07, 6.45) is 6.31. The first-order chi connectivity index (χ1) is 11.8. The Hall–Kier alpha value is -0.350. The summed E-state index contributed by atoms with van der Waals surface area (Å²) >= 11 is 11.9. The first kappa shape index (κ1) is 21.0. The predicted molar refractivity (Wildman–Crippen MR) is 105 cm³/mol. The second-order valence-corrected chi connectivity index (χ2v) is 10.1. The molecule has 0 amide bonds. The van der Waals surface area contributed by atoms with Crippen molar-refractivity contribution in [2.75, 3.05) is 18.9 Å². The van der Waals surface area contributed by atoms with Gasteiger partial charge >= 0.3 is 0 Å². The van der Waals surface area contributed by atoms with Crippen molar-refractivity contribution in [3.8, 4) is 0 Å². The van der Waals surface area contributed by atoms with E-state index in [4.69, 9.17) is 23.2 Å². The summed E-state index contributed by atoms with van der Waals surface area (Å²) in [6, 6.07) is 5.33. The van der Waals surface area contributed by atoms with E-state index in [0.29, 0.717) is 10.0 Å². The van der Waals surface area contributed by atoms with Gasteiger partial charge in [0.25, 0.3) is 0 Å². The Morgan fingerprint density at radius 2 is 2.08 bits per heavy atom. The first-order valence-electron chi connectivity index (χ1n) is 8.59. The molecule has 1 aromatic rings. The fourth-order valence-electron chi connectivity index (χ4n) is 3.11. The average molecular weight is 406 g/mol. The Labute approximate surface area is 159 Å². The SMILES string of the molecule is C[C@@H](NC[C@H](O)CP(=O)(O)CC1CC=CCC1)c1ccc(Cl)c(Cl)c1. The Balaban J connectivity index is 1.80. The zero-order chi connectivity index (χ0) is 18.4. The molecule has 4 nitrogen and oxygen atoms in total. The molecule has 0 saturated heterocycles. The largest absolute Gasteiger partial charge is 0.391 e. The van der Waals surface area contributed by atoms with Crippen LogP contribution in [0.1, 0.15) is 37.8 Å². The zero-order valence-electron chi connectivity index (χ0n) is 14.4.